The molecule has 21 heavy (non-hydrogen) atoms. The molecule has 0 aromatic heterocycles. The number of anilines is 1. The fourth-order valence-corrected chi connectivity index (χ4v) is 2.87. The summed E-state index contributed by atoms with van der Waals surface area (Å²) < 4.78 is 5.57. The first-order valence-corrected chi connectivity index (χ1v) is 7.88. The Bertz CT molecular complexity index is 505. The average Bonchev–Trinajstić information content (AvgIpc) is 2.42. The van der Waals surface area contributed by atoms with Crippen molar-refractivity contribution >= 4 is 23.2 Å². The van der Waals surface area contributed by atoms with Crippen LogP contribution < -0.4 is 15.8 Å². The molecule has 2 atom stereocenters. The molecule has 5 heteroatoms. The monoisotopic (exact) mass is 310 g/mol. The molecular formula is C16H23ClN2O2. The number of nitrogens with two attached hydrogens (primary N) is 1. The number of rotatable bonds is 4. The number of nitrogens with one attached hydrogen (secondary N) is 1. The van der Waals surface area contributed by atoms with Crippen LogP contribution in [0.3, 0.4) is 0 Å². The number of hydrogen-bond donors (Lipinski definition) is 2. The Morgan fingerprint density at radius 3 is 2.71 bits per heavy atom. The maximum Gasteiger partial charge on any atom is 0.229 e. The van der Waals surface area contributed by atoms with Gasteiger partial charge < -0.3 is 15.8 Å². The lowest BCUT2D eigenvalue weighted by Gasteiger charge is -2.27. The number of amides is 1. The van der Waals surface area contributed by atoms with Crippen molar-refractivity contribution in [3.63, 3.8) is 0 Å². The zero-order valence-electron chi connectivity index (χ0n) is 12.6. The lowest BCUT2D eigenvalue weighted by molar-refractivity contribution is -0.121. The molecule has 2 unspecified atom stereocenters. The van der Waals surface area contributed by atoms with Crippen LogP contribution in [0.5, 0.6) is 5.75 Å². The van der Waals surface area contributed by atoms with E-state index < -0.39 is 0 Å². The molecule has 1 aromatic rings. The number of hydrogen-bond acceptors (Lipinski definition) is 3. The third-order valence-corrected chi connectivity index (χ3v) is 4.01. The predicted octanol–water partition coefficient (Wildman–Crippen LogP) is 3.58. The van der Waals surface area contributed by atoms with Crippen LogP contribution in [0.2, 0.25) is 5.02 Å². The second kappa shape index (κ2) is 7.14. The van der Waals surface area contributed by atoms with Gasteiger partial charge in [-0.15, -0.1) is 0 Å². The van der Waals surface area contributed by atoms with Gasteiger partial charge in [0.2, 0.25) is 5.91 Å². The van der Waals surface area contributed by atoms with Crippen molar-refractivity contribution < 1.29 is 9.53 Å². The third kappa shape index (κ3) is 4.35. The maximum atomic E-state index is 12.3. The van der Waals surface area contributed by atoms with E-state index in [-0.39, 0.29) is 24.0 Å². The average molecular weight is 311 g/mol. The van der Waals surface area contributed by atoms with Crippen molar-refractivity contribution in [2.24, 2.45) is 11.7 Å². The summed E-state index contributed by atoms with van der Waals surface area (Å²) in [5.41, 5.74) is 6.71. The number of halogens is 1. The Morgan fingerprint density at radius 1 is 1.38 bits per heavy atom. The standard InChI is InChI=1S/C16H23ClN2O2/c1-10(2)21-15-8-7-11(9-13(15)17)19-16(20)12-5-3-4-6-14(12)18/h7-10,12,14H,3-6,18H2,1-2H3,(H,19,20). The van der Waals surface area contributed by atoms with E-state index in [0.29, 0.717) is 16.5 Å². The van der Waals surface area contributed by atoms with Gasteiger partial charge in [0.25, 0.3) is 0 Å². The SMILES string of the molecule is CC(C)Oc1ccc(NC(=O)C2CCCCC2N)cc1Cl. The smallest absolute Gasteiger partial charge is 0.229 e. The minimum atomic E-state index is -0.107. The lowest BCUT2D eigenvalue weighted by Crippen LogP contribution is -2.40. The summed E-state index contributed by atoms with van der Waals surface area (Å²) in [7, 11) is 0. The van der Waals surface area contributed by atoms with Gasteiger partial charge in [-0.05, 0) is 44.9 Å². The fourth-order valence-electron chi connectivity index (χ4n) is 2.65. The highest BCUT2D eigenvalue weighted by atomic mass is 35.5. The molecule has 1 amide bonds. The van der Waals surface area contributed by atoms with Gasteiger partial charge >= 0.3 is 0 Å². The molecule has 1 aliphatic rings. The van der Waals surface area contributed by atoms with E-state index in [1.54, 1.807) is 18.2 Å². The fraction of sp³-hybridized carbons (Fsp3) is 0.562. The largest absolute Gasteiger partial charge is 0.489 e. The van der Waals surface area contributed by atoms with E-state index in [1.165, 1.54) is 0 Å². The minimum Gasteiger partial charge on any atom is -0.489 e. The summed E-state index contributed by atoms with van der Waals surface area (Å²) >= 11 is 6.17. The maximum absolute atomic E-state index is 12.3. The van der Waals surface area contributed by atoms with Crippen molar-refractivity contribution in [1.82, 2.24) is 0 Å². The summed E-state index contributed by atoms with van der Waals surface area (Å²) in [4.78, 5) is 12.3. The molecule has 1 aliphatic carbocycles. The minimum absolute atomic E-state index is 0.0178. The third-order valence-electron chi connectivity index (χ3n) is 3.72. The van der Waals surface area contributed by atoms with Crippen molar-refractivity contribution in [1.29, 1.82) is 0 Å². The molecule has 0 spiro atoms. The quantitative estimate of drug-likeness (QED) is 0.893. The van der Waals surface area contributed by atoms with Crippen LogP contribution in [0.25, 0.3) is 0 Å². The molecule has 0 radical (unpaired) electrons. The highest BCUT2D eigenvalue weighted by molar-refractivity contribution is 6.32. The first kappa shape index (κ1) is 16.1. The van der Waals surface area contributed by atoms with E-state index in [9.17, 15) is 4.79 Å². The number of carbonyl (C=O) groups is 1. The number of ether oxygens (including phenoxy) is 1. The molecule has 0 aliphatic heterocycles. The zero-order valence-corrected chi connectivity index (χ0v) is 13.3. The molecule has 4 nitrogen and oxygen atoms in total. The van der Waals surface area contributed by atoms with Gasteiger partial charge in [0.05, 0.1) is 17.0 Å². The van der Waals surface area contributed by atoms with Crippen molar-refractivity contribution in [3.05, 3.63) is 23.2 Å². The topological polar surface area (TPSA) is 64.3 Å². The van der Waals surface area contributed by atoms with E-state index in [0.717, 1.165) is 25.7 Å². The molecule has 1 aromatic carbocycles. The van der Waals surface area contributed by atoms with Crippen LogP contribution in [-0.4, -0.2) is 18.1 Å². The number of carbonyl (C=O) groups excluding carboxylic acids is 1. The first-order chi connectivity index (χ1) is 9.97. The predicted molar refractivity (Wildman–Crippen MR) is 85.8 cm³/mol. The van der Waals surface area contributed by atoms with E-state index >= 15 is 0 Å². The number of benzene rings is 1. The van der Waals surface area contributed by atoms with Crippen molar-refractivity contribution in [2.45, 2.75) is 51.7 Å². The normalized spacial score (nSPS) is 22.1. The molecule has 0 heterocycles. The first-order valence-electron chi connectivity index (χ1n) is 7.50. The Kier molecular flexibility index (Phi) is 5.48. The molecule has 0 bridgehead atoms. The molecule has 3 N–H and O–H groups in total. The van der Waals surface area contributed by atoms with Crippen LogP contribution in [0.15, 0.2) is 18.2 Å². The molecule has 2 rings (SSSR count). The lowest BCUT2D eigenvalue weighted by atomic mass is 9.84. The summed E-state index contributed by atoms with van der Waals surface area (Å²) in [5.74, 6) is 0.499. The van der Waals surface area contributed by atoms with Crippen LogP contribution in [-0.2, 0) is 4.79 Å². The van der Waals surface area contributed by atoms with Crippen molar-refractivity contribution in [3.8, 4) is 5.75 Å². The Balaban J connectivity index is 2.02. The van der Waals surface area contributed by atoms with Crippen molar-refractivity contribution in [2.75, 3.05) is 5.32 Å². The molecule has 1 saturated carbocycles. The van der Waals surface area contributed by atoms with Crippen LogP contribution >= 0.6 is 11.6 Å². The van der Waals surface area contributed by atoms with Gasteiger partial charge in [0, 0.05) is 11.7 Å². The zero-order chi connectivity index (χ0) is 15.4. The second-order valence-electron chi connectivity index (χ2n) is 5.86. The molecule has 0 saturated heterocycles. The van der Waals surface area contributed by atoms with E-state index in [2.05, 4.69) is 5.32 Å². The molecular weight excluding hydrogens is 288 g/mol. The Labute approximate surface area is 131 Å². The highest BCUT2D eigenvalue weighted by Gasteiger charge is 2.28. The van der Waals surface area contributed by atoms with Gasteiger partial charge in [0.15, 0.2) is 0 Å². The molecule has 1 fully saturated rings. The van der Waals surface area contributed by atoms with Gasteiger partial charge in [0.1, 0.15) is 5.75 Å². The van der Waals surface area contributed by atoms with Crippen LogP contribution in [0.1, 0.15) is 39.5 Å². The summed E-state index contributed by atoms with van der Waals surface area (Å²) in [6.07, 6.45) is 4.00. The highest BCUT2D eigenvalue weighted by Crippen LogP contribution is 2.30. The van der Waals surface area contributed by atoms with Gasteiger partial charge in [-0.2, -0.15) is 0 Å². The van der Waals surface area contributed by atoms with Crippen LogP contribution in [0.4, 0.5) is 5.69 Å². The van der Waals surface area contributed by atoms with E-state index in [1.807, 2.05) is 13.8 Å². The summed E-state index contributed by atoms with van der Waals surface area (Å²) in [6.45, 7) is 3.88. The van der Waals surface area contributed by atoms with Gasteiger partial charge in [-0.3, -0.25) is 4.79 Å². The Hall–Kier alpha value is -1.26. The second-order valence-corrected chi connectivity index (χ2v) is 6.26. The Morgan fingerprint density at radius 2 is 2.10 bits per heavy atom. The van der Waals surface area contributed by atoms with E-state index in [4.69, 9.17) is 22.1 Å². The summed E-state index contributed by atoms with van der Waals surface area (Å²) in [5, 5.41) is 3.40. The van der Waals surface area contributed by atoms with Crippen LogP contribution in [0, 0.1) is 5.92 Å². The van der Waals surface area contributed by atoms with Gasteiger partial charge in [-0.1, -0.05) is 24.4 Å². The van der Waals surface area contributed by atoms with Gasteiger partial charge in [-0.25, -0.2) is 0 Å². The molecule has 116 valence electrons. The summed E-state index contributed by atoms with van der Waals surface area (Å²) in [6, 6.07) is 5.25.